The lowest BCUT2D eigenvalue weighted by Crippen LogP contribution is -2.11. The monoisotopic (exact) mass is 424 g/mol. The first kappa shape index (κ1) is 19.5. The number of thioether (sulfide) groups is 1. The fourth-order valence-electron chi connectivity index (χ4n) is 2.80. The van der Waals surface area contributed by atoms with E-state index in [0.29, 0.717) is 23.0 Å². The van der Waals surface area contributed by atoms with E-state index >= 15 is 0 Å². The van der Waals surface area contributed by atoms with Crippen molar-refractivity contribution >= 4 is 45.1 Å². The Morgan fingerprint density at radius 1 is 1.21 bits per heavy atom. The molecule has 1 amide bonds. The quantitative estimate of drug-likeness (QED) is 0.369. The van der Waals surface area contributed by atoms with Gasteiger partial charge in [0.25, 0.3) is 0 Å². The maximum absolute atomic E-state index is 12.2. The van der Waals surface area contributed by atoms with Gasteiger partial charge in [-0.2, -0.15) is 0 Å². The van der Waals surface area contributed by atoms with Gasteiger partial charge in [0.1, 0.15) is 17.0 Å². The lowest BCUT2D eigenvalue weighted by atomic mass is 10.2. The van der Waals surface area contributed by atoms with Gasteiger partial charge in [-0.3, -0.25) is 4.79 Å². The molecule has 4 aromatic rings. The van der Waals surface area contributed by atoms with E-state index in [1.807, 2.05) is 29.6 Å². The van der Waals surface area contributed by atoms with Crippen LogP contribution in [-0.2, 0) is 4.79 Å². The number of ether oxygens (including phenoxy) is 1. The minimum absolute atomic E-state index is 0.0418. The summed E-state index contributed by atoms with van der Waals surface area (Å²) in [6.45, 7) is 2.06. The predicted molar refractivity (Wildman–Crippen MR) is 119 cm³/mol. The van der Waals surface area contributed by atoms with Gasteiger partial charge in [-0.25, -0.2) is 4.98 Å². The maximum atomic E-state index is 12.2. The molecule has 5 nitrogen and oxygen atoms in total. The van der Waals surface area contributed by atoms with Crippen molar-refractivity contribution in [1.29, 1.82) is 0 Å². The number of fused-ring (bicyclic) bond motifs is 1. The van der Waals surface area contributed by atoms with Crippen molar-refractivity contribution < 1.29 is 13.9 Å². The summed E-state index contributed by atoms with van der Waals surface area (Å²) in [5.74, 6) is 2.12. The molecule has 0 radical (unpaired) electrons. The van der Waals surface area contributed by atoms with Crippen LogP contribution in [0.25, 0.3) is 22.4 Å². The highest BCUT2D eigenvalue weighted by Crippen LogP contribution is 2.32. The Morgan fingerprint density at radius 2 is 2.03 bits per heavy atom. The molecule has 0 saturated carbocycles. The van der Waals surface area contributed by atoms with E-state index in [4.69, 9.17) is 9.15 Å². The number of methoxy groups -OCH3 is 1. The summed E-state index contributed by atoms with van der Waals surface area (Å²) >= 11 is 3.06. The maximum Gasteiger partial charge on any atom is 0.226 e. The van der Waals surface area contributed by atoms with Crippen LogP contribution in [0.1, 0.15) is 12.0 Å². The Balaban J connectivity index is 1.35. The van der Waals surface area contributed by atoms with Crippen molar-refractivity contribution in [3.05, 3.63) is 59.5 Å². The molecule has 0 aliphatic heterocycles. The fraction of sp³-hybridized carbons (Fsp3) is 0.182. The van der Waals surface area contributed by atoms with Crippen LogP contribution in [0, 0.1) is 6.92 Å². The van der Waals surface area contributed by atoms with E-state index in [9.17, 15) is 4.79 Å². The summed E-state index contributed by atoms with van der Waals surface area (Å²) in [5, 5.41) is 6.28. The second-order valence-corrected chi connectivity index (χ2v) is 8.54. The fourth-order valence-corrected chi connectivity index (χ4v) is 4.36. The van der Waals surface area contributed by atoms with Crippen molar-refractivity contribution in [1.82, 2.24) is 4.98 Å². The number of hydrogen-bond donors (Lipinski definition) is 1. The summed E-state index contributed by atoms with van der Waals surface area (Å²) in [7, 11) is 1.64. The van der Waals surface area contributed by atoms with E-state index in [1.165, 1.54) is 21.8 Å². The molecule has 0 bridgehead atoms. The van der Waals surface area contributed by atoms with Crippen LogP contribution in [-0.4, -0.2) is 23.8 Å². The Morgan fingerprint density at radius 3 is 2.83 bits per heavy atom. The molecule has 0 saturated heterocycles. The number of anilines is 1. The summed E-state index contributed by atoms with van der Waals surface area (Å²) in [4.78, 5) is 17.9. The highest BCUT2D eigenvalue weighted by atomic mass is 32.2. The number of furan rings is 1. The SMILES string of the molecule is COc1ccc2oc(-c3csc(NC(=O)CCSc4ccc(C)cc4)n3)cc2c1. The van der Waals surface area contributed by atoms with E-state index < -0.39 is 0 Å². The van der Waals surface area contributed by atoms with Crippen LogP contribution < -0.4 is 10.1 Å². The molecule has 0 fully saturated rings. The van der Waals surface area contributed by atoms with E-state index in [-0.39, 0.29) is 5.91 Å². The third kappa shape index (κ3) is 4.81. The van der Waals surface area contributed by atoms with Gasteiger partial charge in [-0.1, -0.05) is 17.7 Å². The molecule has 1 N–H and O–H groups in total. The Hall–Kier alpha value is -2.77. The predicted octanol–water partition coefficient (Wildman–Crippen LogP) is 5.99. The molecule has 0 unspecified atom stereocenters. The first-order valence-electron chi connectivity index (χ1n) is 9.13. The standard InChI is InChI=1S/C22H20N2O3S2/c1-14-3-6-17(7-4-14)28-10-9-21(25)24-22-23-18(13-29-22)20-12-15-11-16(26-2)5-8-19(15)27-20/h3-8,11-13H,9-10H2,1-2H3,(H,23,24,25). The number of aromatic nitrogens is 1. The molecule has 2 aromatic carbocycles. The van der Waals surface area contributed by atoms with Crippen LogP contribution in [0.15, 0.2) is 63.2 Å². The van der Waals surface area contributed by atoms with Crippen LogP contribution in [0.2, 0.25) is 0 Å². The lowest BCUT2D eigenvalue weighted by Gasteiger charge is -2.03. The minimum atomic E-state index is -0.0418. The molecule has 0 aliphatic carbocycles. The number of carbonyl (C=O) groups is 1. The third-order valence-electron chi connectivity index (χ3n) is 4.35. The van der Waals surface area contributed by atoms with Gasteiger partial charge in [0, 0.05) is 27.8 Å². The normalized spacial score (nSPS) is 11.0. The molecule has 0 atom stereocenters. The summed E-state index contributed by atoms with van der Waals surface area (Å²) < 4.78 is 11.1. The molecule has 0 spiro atoms. The number of aryl methyl sites for hydroxylation is 1. The topological polar surface area (TPSA) is 64.4 Å². The number of nitrogens with one attached hydrogen (secondary N) is 1. The highest BCUT2D eigenvalue weighted by molar-refractivity contribution is 7.99. The number of benzene rings is 2. The third-order valence-corrected chi connectivity index (χ3v) is 6.12. The van der Waals surface area contributed by atoms with Crippen LogP contribution in [0.4, 0.5) is 5.13 Å². The molecule has 2 aromatic heterocycles. The molecule has 0 aliphatic rings. The van der Waals surface area contributed by atoms with Gasteiger partial charge in [0.05, 0.1) is 7.11 Å². The van der Waals surface area contributed by atoms with Crippen molar-refractivity contribution in [2.24, 2.45) is 0 Å². The molecule has 2 heterocycles. The zero-order chi connectivity index (χ0) is 20.2. The zero-order valence-corrected chi connectivity index (χ0v) is 17.7. The summed E-state index contributed by atoms with van der Waals surface area (Å²) in [6.07, 6.45) is 0.428. The van der Waals surface area contributed by atoms with Gasteiger partial charge in [0.15, 0.2) is 10.9 Å². The number of rotatable bonds is 7. The molecular weight excluding hydrogens is 404 g/mol. The van der Waals surface area contributed by atoms with Crippen LogP contribution >= 0.6 is 23.1 Å². The first-order chi connectivity index (χ1) is 14.1. The number of thiazole rings is 1. The van der Waals surface area contributed by atoms with Gasteiger partial charge < -0.3 is 14.5 Å². The average Bonchev–Trinajstić information content (AvgIpc) is 3.35. The van der Waals surface area contributed by atoms with E-state index in [1.54, 1.807) is 18.9 Å². The van der Waals surface area contributed by atoms with Crippen LogP contribution in [0.3, 0.4) is 0 Å². The van der Waals surface area contributed by atoms with Crippen LogP contribution in [0.5, 0.6) is 5.75 Å². The number of amides is 1. The van der Waals surface area contributed by atoms with Gasteiger partial charge >= 0.3 is 0 Å². The number of nitrogens with zero attached hydrogens (tertiary/aromatic N) is 1. The number of hydrogen-bond acceptors (Lipinski definition) is 6. The molecule has 148 valence electrons. The highest BCUT2D eigenvalue weighted by Gasteiger charge is 2.12. The lowest BCUT2D eigenvalue weighted by molar-refractivity contribution is -0.115. The van der Waals surface area contributed by atoms with Crippen molar-refractivity contribution in [2.45, 2.75) is 18.2 Å². The average molecular weight is 425 g/mol. The second kappa shape index (κ2) is 8.71. The zero-order valence-electron chi connectivity index (χ0n) is 16.1. The second-order valence-electron chi connectivity index (χ2n) is 6.51. The van der Waals surface area contributed by atoms with Gasteiger partial charge in [-0.15, -0.1) is 23.1 Å². The van der Waals surface area contributed by atoms with E-state index in [0.717, 1.165) is 22.5 Å². The molecular formula is C22H20N2O3S2. The summed E-state index contributed by atoms with van der Waals surface area (Å²) in [6, 6.07) is 15.9. The minimum Gasteiger partial charge on any atom is -0.497 e. The van der Waals surface area contributed by atoms with Gasteiger partial charge in [0.2, 0.25) is 5.91 Å². The van der Waals surface area contributed by atoms with E-state index in [2.05, 4.69) is 41.5 Å². The van der Waals surface area contributed by atoms with Crippen molar-refractivity contribution in [3.8, 4) is 17.2 Å². The Bertz CT molecular complexity index is 1130. The van der Waals surface area contributed by atoms with Crippen molar-refractivity contribution in [2.75, 3.05) is 18.2 Å². The van der Waals surface area contributed by atoms with Gasteiger partial charge in [-0.05, 0) is 43.3 Å². The largest absolute Gasteiger partial charge is 0.497 e. The Labute approximate surface area is 177 Å². The summed E-state index contributed by atoms with van der Waals surface area (Å²) in [5.41, 5.74) is 2.71. The first-order valence-corrected chi connectivity index (χ1v) is 11.0. The smallest absolute Gasteiger partial charge is 0.226 e. The number of carbonyl (C=O) groups excluding carboxylic acids is 1. The molecule has 7 heteroatoms. The molecule has 29 heavy (non-hydrogen) atoms. The Kier molecular flexibility index (Phi) is 5.87. The van der Waals surface area contributed by atoms with Crippen molar-refractivity contribution in [3.63, 3.8) is 0 Å². The molecule has 4 rings (SSSR count).